The summed E-state index contributed by atoms with van der Waals surface area (Å²) >= 11 is 0. The number of methoxy groups -OCH3 is 1. The molecule has 0 aromatic rings. The van der Waals surface area contributed by atoms with Crippen molar-refractivity contribution in [2.24, 2.45) is 5.41 Å². The zero-order chi connectivity index (χ0) is 11.3. The van der Waals surface area contributed by atoms with Gasteiger partial charge in [0.15, 0.2) is 0 Å². The van der Waals surface area contributed by atoms with E-state index in [4.69, 9.17) is 10.00 Å². The molecule has 84 valence electrons. The number of carbonyl (C=O) groups is 1. The Hall–Kier alpha value is -1.08. The summed E-state index contributed by atoms with van der Waals surface area (Å²) in [5, 5.41) is 11.8. The molecule has 0 bridgehead atoms. The minimum atomic E-state index is -0.735. The fourth-order valence-corrected chi connectivity index (χ4v) is 1.65. The molecule has 1 aliphatic carbocycles. The molecule has 1 atom stereocenters. The monoisotopic (exact) mass is 210 g/mol. The van der Waals surface area contributed by atoms with E-state index in [9.17, 15) is 4.79 Å². The van der Waals surface area contributed by atoms with Gasteiger partial charge in [0.05, 0.1) is 6.07 Å². The van der Waals surface area contributed by atoms with Gasteiger partial charge >= 0.3 is 0 Å². The second-order valence-corrected chi connectivity index (χ2v) is 4.20. The maximum Gasteiger partial charge on any atom is 0.240 e. The molecule has 0 saturated heterocycles. The fourth-order valence-electron chi connectivity index (χ4n) is 1.65. The van der Waals surface area contributed by atoms with Gasteiger partial charge in [-0.25, -0.2) is 0 Å². The summed E-state index contributed by atoms with van der Waals surface area (Å²) in [6.45, 7) is 2.56. The number of amides is 1. The van der Waals surface area contributed by atoms with Crippen LogP contribution >= 0.6 is 0 Å². The Morgan fingerprint density at radius 3 is 2.73 bits per heavy atom. The lowest BCUT2D eigenvalue weighted by molar-refractivity contribution is -0.132. The van der Waals surface area contributed by atoms with Gasteiger partial charge < -0.3 is 10.1 Å². The second kappa shape index (κ2) is 5.13. The normalized spacial score (nSPS) is 19.8. The van der Waals surface area contributed by atoms with E-state index in [1.807, 2.05) is 6.92 Å². The maximum atomic E-state index is 11.8. The van der Waals surface area contributed by atoms with Crippen LogP contribution < -0.4 is 5.32 Å². The molecular weight excluding hydrogens is 192 g/mol. The van der Waals surface area contributed by atoms with Gasteiger partial charge in [-0.05, 0) is 32.6 Å². The van der Waals surface area contributed by atoms with E-state index in [0.717, 1.165) is 12.8 Å². The molecule has 4 nitrogen and oxygen atoms in total. The van der Waals surface area contributed by atoms with Crippen LogP contribution in [0.15, 0.2) is 0 Å². The van der Waals surface area contributed by atoms with Gasteiger partial charge in [0, 0.05) is 19.8 Å². The Kier molecular flexibility index (Phi) is 4.10. The molecule has 0 heterocycles. The van der Waals surface area contributed by atoms with E-state index in [-0.39, 0.29) is 11.9 Å². The van der Waals surface area contributed by atoms with E-state index in [2.05, 4.69) is 11.4 Å². The van der Waals surface area contributed by atoms with Crippen LogP contribution in [-0.2, 0) is 9.53 Å². The minimum absolute atomic E-state index is 0.0725. The molecule has 1 saturated carbocycles. The summed E-state index contributed by atoms with van der Waals surface area (Å²) in [5.41, 5.74) is -0.735. The molecule has 1 aliphatic rings. The summed E-state index contributed by atoms with van der Waals surface area (Å²) in [6.07, 6.45) is 3.16. The maximum absolute atomic E-state index is 11.8. The third-order valence-electron chi connectivity index (χ3n) is 2.99. The van der Waals surface area contributed by atoms with Crippen LogP contribution in [0, 0.1) is 16.7 Å². The first-order chi connectivity index (χ1) is 7.14. The highest BCUT2D eigenvalue weighted by Gasteiger charge is 2.44. The molecule has 1 amide bonds. The topological polar surface area (TPSA) is 62.1 Å². The lowest BCUT2D eigenvalue weighted by atomic mass is 9.69. The predicted octanol–water partition coefficient (Wildman–Crippen LogP) is 1.22. The number of nitrogens with zero attached hydrogens (tertiary/aromatic N) is 1. The van der Waals surface area contributed by atoms with Crippen molar-refractivity contribution >= 4 is 5.91 Å². The number of hydrogen-bond acceptors (Lipinski definition) is 3. The molecule has 0 aliphatic heterocycles. The van der Waals surface area contributed by atoms with Crippen molar-refractivity contribution in [1.82, 2.24) is 5.32 Å². The summed E-state index contributed by atoms with van der Waals surface area (Å²) in [6, 6.07) is 2.21. The number of carbonyl (C=O) groups excluding carboxylic acids is 1. The van der Waals surface area contributed by atoms with Gasteiger partial charge in [0.25, 0.3) is 0 Å². The van der Waals surface area contributed by atoms with E-state index in [1.165, 1.54) is 0 Å². The highest BCUT2D eigenvalue weighted by atomic mass is 16.5. The van der Waals surface area contributed by atoms with Gasteiger partial charge in [0.1, 0.15) is 5.41 Å². The molecule has 4 heteroatoms. The first-order valence-corrected chi connectivity index (χ1v) is 5.36. The molecule has 0 aromatic carbocycles. The first-order valence-electron chi connectivity index (χ1n) is 5.36. The highest BCUT2D eigenvalue weighted by Crippen LogP contribution is 2.40. The molecular formula is C11H18N2O2. The third-order valence-corrected chi connectivity index (χ3v) is 2.99. The van der Waals surface area contributed by atoms with Gasteiger partial charge in [-0.15, -0.1) is 0 Å². The molecule has 0 spiro atoms. The number of nitrogens with one attached hydrogen (secondary N) is 1. The van der Waals surface area contributed by atoms with E-state index >= 15 is 0 Å². The van der Waals surface area contributed by atoms with Crippen LogP contribution in [0.4, 0.5) is 0 Å². The summed E-state index contributed by atoms with van der Waals surface area (Å²) < 4.78 is 4.93. The average molecular weight is 210 g/mol. The van der Waals surface area contributed by atoms with E-state index < -0.39 is 5.41 Å². The molecule has 1 N–H and O–H groups in total. The average Bonchev–Trinajstić information content (AvgIpc) is 2.13. The first kappa shape index (κ1) is 12.0. The van der Waals surface area contributed by atoms with Crippen molar-refractivity contribution < 1.29 is 9.53 Å². The zero-order valence-electron chi connectivity index (χ0n) is 9.38. The van der Waals surface area contributed by atoms with Crippen LogP contribution in [0.3, 0.4) is 0 Å². The molecule has 0 aromatic heterocycles. The summed E-state index contributed by atoms with van der Waals surface area (Å²) in [7, 11) is 1.64. The quantitative estimate of drug-likeness (QED) is 0.742. The Balaban J connectivity index is 2.38. The lowest BCUT2D eigenvalue weighted by Crippen LogP contribution is -2.47. The largest absolute Gasteiger partial charge is 0.385 e. The van der Waals surface area contributed by atoms with Gasteiger partial charge in [0.2, 0.25) is 5.91 Å². The minimum Gasteiger partial charge on any atom is -0.385 e. The van der Waals surface area contributed by atoms with Crippen molar-refractivity contribution in [2.45, 2.75) is 38.6 Å². The lowest BCUT2D eigenvalue weighted by Gasteiger charge is -2.34. The number of hydrogen-bond donors (Lipinski definition) is 1. The van der Waals surface area contributed by atoms with Crippen LogP contribution in [-0.4, -0.2) is 25.7 Å². The van der Waals surface area contributed by atoms with Crippen LogP contribution in [0.5, 0.6) is 0 Å². The third kappa shape index (κ3) is 2.69. The number of nitriles is 1. The van der Waals surface area contributed by atoms with Crippen molar-refractivity contribution in [1.29, 1.82) is 5.26 Å². The zero-order valence-corrected chi connectivity index (χ0v) is 9.38. The van der Waals surface area contributed by atoms with E-state index in [1.54, 1.807) is 7.11 Å². The SMILES string of the molecule is COCCC(C)NC(=O)C1(C#N)CCC1. The smallest absolute Gasteiger partial charge is 0.240 e. The van der Waals surface area contributed by atoms with Gasteiger partial charge in [-0.2, -0.15) is 5.26 Å². The Labute approximate surface area is 90.6 Å². The standard InChI is InChI=1S/C11H18N2O2/c1-9(4-7-15-2)13-10(14)11(8-12)5-3-6-11/h9H,3-7H2,1-2H3,(H,13,14). The van der Waals surface area contributed by atoms with E-state index in [0.29, 0.717) is 19.4 Å². The van der Waals surface area contributed by atoms with Crippen molar-refractivity contribution in [3.05, 3.63) is 0 Å². The second-order valence-electron chi connectivity index (χ2n) is 4.20. The Bertz CT molecular complexity index is 266. The predicted molar refractivity (Wildman–Crippen MR) is 56.0 cm³/mol. The molecule has 15 heavy (non-hydrogen) atoms. The van der Waals surface area contributed by atoms with Gasteiger partial charge in [-0.3, -0.25) is 4.79 Å². The number of ether oxygens (including phenoxy) is 1. The Morgan fingerprint density at radius 1 is 1.67 bits per heavy atom. The molecule has 1 rings (SSSR count). The Morgan fingerprint density at radius 2 is 2.33 bits per heavy atom. The van der Waals surface area contributed by atoms with Crippen molar-refractivity contribution in [3.63, 3.8) is 0 Å². The number of rotatable bonds is 5. The van der Waals surface area contributed by atoms with Crippen molar-refractivity contribution in [2.75, 3.05) is 13.7 Å². The van der Waals surface area contributed by atoms with Crippen LogP contribution in [0.25, 0.3) is 0 Å². The summed E-state index contributed by atoms with van der Waals surface area (Å²) in [4.78, 5) is 11.8. The molecule has 1 unspecified atom stereocenters. The molecule has 1 fully saturated rings. The van der Waals surface area contributed by atoms with Crippen LogP contribution in [0.2, 0.25) is 0 Å². The van der Waals surface area contributed by atoms with Crippen LogP contribution in [0.1, 0.15) is 32.6 Å². The highest BCUT2D eigenvalue weighted by molar-refractivity contribution is 5.86. The fraction of sp³-hybridized carbons (Fsp3) is 0.818. The molecule has 0 radical (unpaired) electrons. The summed E-state index contributed by atoms with van der Waals surface area (Å²) in [5.74, 6) is -0.111. The van der Waals surface area contributed by atoms with Gasteiger partial charge in [-0.1, -0.05) is 0 Å². The van der Waals surface area contributed by atoms with Crippen molar-refractivity contribution in [3.8, 4) is 6.07 Å².